The average Bonchev–Trinajstić information content (AvgIpc) is 3.37. The highest BCUT2D eigenvalue weighted by atomic mass is 32.2. The molecule has 0 fully saturated rings. The molecule has 0 N–H and O–H groups in total. The predicted molar refractivity (Wildman–Crippen MR) is 126 cm³/mol. The molecule has 0 bridgehead atoms. The van der Waals surface area contributed by atoms with Gasteiger partial charge >= 0.3 is 0 Å². The molecule has 136 valence electrons. The van der Waals surface area contributed by atoms with Gasteiger partial charge in [-0.1, -0.05) is 48.6 Å². The van der Waals surface area contributed by atoms with Crippen LogP contribution in [0.25, 0.3) is 48.5 Å². The van der Waals surface area contributed by atoms with Crippen LogP contribution in [-0.2, 0) is 6.42 Å². The van der Waals surface area contributed by atoms with Crippen LogP contribution in [0.2, 0.25) is 0 Å². The summed E-state index contributed by atoms with van der Waals surface area (Å²) in [6.45, 7) is 0. The molecule has 0 saturated heterocycles. The summed E-state index contributed by atoms with van der Waals surface area (Å²) in [5, 5.41) is 9.23. The number of hydrogen-bond donors (Lipinski definition) is 0. The molecule has 0 nitrogen and oxygen atoms in total. The number of benzene rings is 3. The van der Waals surface area contributed by atoms with Crippen molar-refractivity contribution in [1.82, 2.24) is 0 Å². The Morgan fingerprint density at radius 1 is 0.793 bits per heavy atom. The zero-order valence-electron chi connectivity index (χ0n) is 15.7. The standard InChI is InChI=1S/C27H16S2/c1-4-14-5-2-9-19-23(14)17(7-1)18-8-3-6-15-10-20-21(26(19)24(15)18)11-16-12-28-27-25(16)22(20)13-29-27/h1-8,10,12-13,19H,9,11H2. The Bertz CT molecular complexity index is 1560. The largest absolute Gasteiger partial charge is 0.132 e. The molecule has 29 heavy (non-hydrogen) atoms. The molecule has 0 saturated carbocycles. The first kappa shape index (κ1) is 15.2. The van der Waals surface area contributed by atoms with E-state index in [1.807, 2.05) is 22.7 Å². The number of rotatable bonds is 0. The van der Waals surface area contributed by atoms with E-state index in [9.17, 15) is 0 Å². The van der Waals surface area contributed by atoms with Crippen molar-refractivity contribution in [1.29, 1.82) is 0 Å². The smallest absolute Gasteiger partial charge is 0.0874 e. The van der Waals surface area contributed by atoms with Crippen LogP contribution in [0.4, 0.5) is 0 Å². The lowest BCUT2D eigenvalue weighted by atomic mass is 9.68. The summed E-state index contributed by atoms with van der Waals surface area (Å²) in [7, 11) is 0. The Hall–Kier alpha value is -2.68. The highest BCUT2D eigenvalue weighted by molar-refractivity contribution is 7.37. The van der Waals surface area contributed by atoms with Crippen LogP contribution in [0.15, 0.2) is 59.3 Å². The highest BCUT2D eigenvalue weighted by Crippen LogP contribution is 2.55. The summed E-state index contributed by atoms with van der Waals surface area (Å²) in [5.74, 6) is 0.480. The van der Waals surface area contributed by atoms with Crippen LogP contribution in [-0.4, -0.2) is 0 Å². The van der Waals surface area contributed by atoms with E-state index in [0.29, 0.717) is 5.92 Å². The molecular formula is C27H16S2. The van der Waals surface area contributed by atoms with Crippen LogP contribution in [0, 0.1) is 0 Å². The van der Waals surface area contributed by atoms with Gasteiger partial charge in [-0.05, 0) is 79.6 Å². The molecule has 3 aromatic carbocycles. The summed E-state index contributed by atoms with van der Waals surface area (Å²) < 4.78 is 1.48. The van der Waals surface area contributed by atoms with Crippen molar-refractivity contribution < 1.29 is 0 Å². The van der Waals surface area contributed by atoms with Crippen molar-refractivity contribution in [3.05, 3.63) is 87.1 Å². The Kier molecular flexibility index (Phi) is 2.66. The van der Waals surface area contributed by atoms with E-state index in [-0.39, 0.29) is 0 Å². The molecular weight excluding hydrogens is 388 g/mol. The molecule has 3 aliphatic carbocycles. The lowest BCUT2D eigenvalue weighted by Crippen LogP contribution is -2.16. The minimum Gasteiger partial charge on any atom is -0.132 e. The monoisotopic (exact) mass is 404 g/mol. The molecule has 2 heterocycles. The third-order valence-electron chi connectivity index (χ3n) is 7.16. The Morgan fingerprint density at radius 3 is 2.69 bits per heavy atom. The normalized spacial score (nSPS) is 17.6. The summed E-state index contributed by atoms with van der Waals surface area (Å²) in [6.07, 6.45) is 6.91. The van der Waals surface area contributed by atoms with Gasteiger partial charge in [0.1, 0.15) is 0 Å². The molecule has 0 radical (unpaired) electrons. The fourth-order valence-corrected chi connectivity index (χ4v) is 8.21. The molecule has 1 unspecified atom stereocenters. The third-order valence-corrected chi connectivity index (χ3v) is 9.33. The van der Waals surface area contributed by atoms with E-state index in [4.69, 9.17) is 0 Å². The molecule has 3 aliphatic rings. The second kappa shape index (κ2) is 5.08. The van der Waals surface area contributed by atoms with Gasteiger partial charge in [0.15, 0.2) is 0 Å². The Labute approximate surface area is 176 Å². The second-order valence-electron chi connectivity index (χ2n) is 8.47. The molecule has 0 spiro atoms. The second-order valence-corrected chi connectivity index (χ2v) is 10.5. The van der Waals surface area contributed by atoms with Crippen LogP contribution >= 0.6 is 22.7 Å². The number of fused-ring (bicyclic) bond motifs is 5. The SMILES string of the molecule is C1=Cc2cccc3c2C(C1)c1c2c(cc4cccc-3c14)-c1csc3scc(c13)C2. The van der Waals surface area contributed by atoms with E-state index >= 15 is 0 Å². The number of allylic oxidation sites excluding steroid dienone is 1. The van der Waals surface area contributed by atoms with Gasteiger partial charge in [-0.3, -0.25) is 0 Å². The maximum atomic E-state index is 2.48. The van der Waals surface area contributed by atoms with E-state index in [0.717, 1.165) is 12.8 Å². The quantitative estimate of drug-likeness (QED) is 0.239. The lowest BCUT2D eigenvalue weighted by Gasteiger charge is -2.35. The van der Waals surface area contributed by atoms with Gasteiger partial charge in [-0.15, -0.1) is 22.7 Å². The van der Waals surface area contributed by atoms with Crippen molar-refractivity contribution in [3.63, 3.8) is 0 Å². The van der Waals surface area contributed by atoms with Crippen molar-refractivity contribution in [2.75, 3.05) is 0 Å². The van der Waals surface area contributed by atoms with E-state index in [1.165, 1.54) is 53.6 Å². The molecule has 8 rings (SSSR count). The third kappa shape index (κ3) is 1.73. The van der Waals surface area contributed by atoms with Crippen LogP contribution in [0.5, 0.6) is 0 Å². The van der Waals surface area contributed by atoms with Crippen molar-refractivity contribution in [3.8, 4) is 22.3 Å². The van der Waals surface area contributed by atoms with Gasteiger partial charge in [0.25, 0.3) is 0 Å². The first-order valence-corrected chi connectivity index (χ1v) is 12.0. The topological polar surface area (TPSA) is 0 Å². The van der Waals surface area contributed by atoms with Gasteiger partial charge in [0.2, 0.25) is 0 Å². The number of thiophene rings is 2. The van der Waals surface area contributed by atoms with Crippen molar-refractivity contribution in [2.24, 2.45) is 0 Å². The summed E-state index contributed by atoms with van der Waals surface area (Å²) in [6, 6.07) is 16.2. The minimum absolute atomic E-state index is 0.480. The lowest BCUT2D eigenvalue weighted by molar-refractivity contribution is 0.812. The molecule has 5 aromatic rings. The first-order valence-electron chi connectivity index (χ1n) is 10.2. The molecule has 2 heteroatoms. The van der Waals surface area contributed by atoms with Gasteiger partial charge in [0, 0.05) is 22.2 Å². The van der Waals surface area contributed by atoms with Crippen LogP contribution in [0.3, 0.4) is 0 Å². The van der Waals surface area contributed by atoms with Gasteiger partial charge in [0.05, 0.1) is 4.01 Å². The number of hydrogen-bond acceptors (Lipinski definition) is 2. The van der Waals surface area contributed by atoms with E-state index in [1.54, 1.807) is 16.7 Å². The summed E-state index contributed by atoms with van der Waals surface area (Å²) in [4.78, 5) is 0. The molecule has 0 amide bonds. The van der Waals surface area contributed by atoms with Crippen LogP contribution < -0.4 is 0 Å². The van der Waals surface area contributed by atoms with Crippen molar-refractivity contribution >= 4 is 48.9 Å². The van der Waals surface area contributed by atoms with Crippen LogP contribution in [0.1, 0.15) is 40.2 Å². The molecule has 2 aromatic heterocycles. The maximum absolute atomic E-state index is 2.48. The Morgan fingerprint density at radius 2 is 1.69 bits per heavy atom. The highest BCUT2D eigenvalue weighted by Gasteiger charge is 2.34. The maximum Gasteiger partial charge on any atom is 0.0874 e. The van der Waals surface area contributed by atoms with Gasteiger partial charge < -0.3 is 0 Å². The zero-order valence-corrected chi connectivity index (χ0v) is 17.3. The predicted octanol–water partition coefficient (Wildman–Crippen LogP) is 8.22. The van der Waals surface area contributed by atoms with Crippen molar-refractivity contribution in [2.45, 2.75) is 18.8 Å². The summed E-state index contributed by atoms with van der Waals surface area (Å²) in [5.41, 5.74) is 13.5. The van der Waals surface area contributed by atoms with E-state index in [2.05, 4.69) is 65.4 Å². The molecule has 0 aliphatic heterocycles. The first-order chi connectivity index (χ1) is 14.4. The Balaban J connectivity index is 1.59. The fraction of sp³-hybridized carbons (Fsp3) is 0.111. The zero-order chi connectivity index (χ0) is 18.7. The fourth-order valence-electron chi connectivity index (χ4n) is 6.07. The minimum atomic E-state index is 0.480. The summed E-state index contributed by atoms with van der Waals surface area (Å²) >= 11 is 3.84. The van der Waals surface area contributed by atoms with Gasteiger partial charge in [-0.25, -0.2) is 0 Å². The molecule has 1 atom stereocenters. The van der Waals surface area contributed by atoms with E-state index < -0.39 is 0 Å². The average molecular weight is 405 g/mol. The van der Waals surface area contributed by atoms with Gasteiger partial charge in [-0.2, -0.15) is 0 Å².